The van der Waals surface area contributed by atoms with Gasteiger partial charge in [0, 0.05) is 40.7 Å². The van der Waals surface area contributed by atoms with Crippen molar-refractivity contribution in [2.75, 3.05) is 11.9 Å². The van der Waals surface area contributed by atoms with Crippen LogP contribution in [0, 0.1) is 6.54 Å². The van der Waals surface area contributed by atoms with Crippen LogP contribution in [0.5, 0.6) is 0 Å². The van der Waals surface area contributed by atoms with Crippen LogP contribution in [0.4, 0.5) is 5.69 Å². The molecule has 1 radical (unpaired) electrons. The first-order valence-electron chi connectivity index (χ1n) is 8.15. The summed E-state index contributed by atoms with van der Waals surface area (Å²) >= 11 is 0. The number of unbranched alkanes of at least 4 members (excludes halogenated alkanes) is 2. The van der Waals surface area contributed by atoms with Crippen molar-refractivity contribution in [3.63, 3.8) is 0 Å². The first kappa shape index (κ1) is 15.5. The molecule has 3 rings (SSSR count). The number of hydrogen-bond acceptors (Lipinski definition) is 3. The van der Waals surface area contributed by atoms with Gasteiger partial charge in [-0.15, -0.1) is 0 Å². The fraction of sp³-hybridized carbons (Fsp3) is 0.316. The maximum atomic E-state index is 12.8. The Morgan fingerprint density at radius 3 is 2.48 bits per heavy atom. The van der Waals surface area contributed by atoms with Gasteiger partial charge >= 0.3 is 0 Å². The highest BCUT2D eigenvalue weighted by Crippen LogP contribution is 2.34. The Balaban J connectivity index is 2.09. The van der Waals surface area contributed by atoms with E-state index in [0.717, 1.165) is 35.7 Å². The van der Waals surface area contributed by atoms with Crippen molar-refractivity contribution in [3.05, 3.63) is 48.0 Å². The van der Waals surface area contributed by atoms with E-state index in [1.165, 1.54) is 4.90 Å². The molecule has 1 aliphatic heterocycles. The fourth-order valence-electron chi connectivity index (χ4n) is 3.15. The van der Waals surface area contributed by atoms with Gasteiger partial charge in [0.2, 0.25) is 0 Å². The lowest BCUT2D eigenvalue weighted by molar-refractivity contribution is 0.0608. The molecule has 0 aromatic heterocycles. The summed E-state index contributed by atoms with van der Waals surface area (Å²) in [5, 5.41) is 4.85. The molecule has 2 aromatic carbocycles. The van der Waals surface area contributed by atoms with Gasteiger partial charge in [0.1, 0.15) is 0 Å². The zero-order chi connectivity index (χ0) is 16.4. The highest BCUT2D eigenvalue weighted by atomic mass is 16.2. The van der Waals surface area contributed by atoms with Crippen molar-refractivity contribution < 1.29 is 9.59 Å². The topological polar surface area (TPSA) is 49.4 Å². The molecule has 1 N–H and O–H groups in total. The van der Waals surface area contributed by atoms with Crippen LogP contribution in [0.15, 0.2) is 30.3 Å². The summed E-state index contributed by atoms with van der Waals surface area (Å²) in [6, 6.07) is 9.35. The SMILES string of the molecule is C[CH]Nc1ccc2c3c(cccc13)C(=O)N(CCCCC)C2=O. The van der Waals surface area contributed by atoms with Gasteiger partial charge in [-0.1, -0.05) is 31.9 Å². The van der Waals surface area contributed by atoms with E-state index < -0.39 is 0 Å². The molecule has 0 bridgehead atoms. The van der Waals surface area contributed by atoms with Gasteiger partial charge in [0.15, 0.2) is 0 Å². The quantitative estimate of drug-likeness (QED) is 0.642. The van der Waals surface area contributed by atoms with E-state index in [-0.39, 0.29) is 11.8 Å². The van der Waals surface area contributed by atoms with Crippen LogP contribution in [0.2, 0.25) is 0 Å². The Morgan fingerprint density at radius 2 is 1.78 bits per heavy atom. The molecule has 0 unspecified atom stereocenters. The molecule has 23 heavy (non-hydrogen) atoms. The van der Waals surface area contributed by atoms with Gasteiger partial charge in [-0.3, -0.25) is 14.5 Å². The highest BCUT2D eigenvalue weighted by Gasteiger charge is 2.32. The van der Waals surface area contributed by atoms with Crippen LogP contribution in [0.3, 0.4) is 0 Å². The van der Waals surface area contributed by atoms with Crippen molar-refractivity contribution in [1.82, 2.24) is 4.90 Å². The third-order valence-corrected chi connectivity index (χ3v) is 4.28. The van der Waals surface area contributed by atoms with Crippen LogP contribution in [-0.2, 0) is 0 Å². The van der Waals surface area contributed by atoms with Gasteiger partial charge in [0.25, 0.3) is 11.8 Å². The molecule has 0 spiro atoms. The molecule has 4 nitrogen and oxygen atoms in total. The Labute approximate surface area is 136 Å². The van der Waals surface area contributed by atoms with Gasteiger partial charge in [-0.05, 0) is 31.5 Å². The van der Waals surface area contributed by atoms with E-state index in [0.29, 0.717) is 17.7 Å². The van der Waals surface area contributed by atoms with Crippen LogP contribution in [0.25, 0.3) is 10.8 Å². The maximum absolute atomic E-state index is 12.8. The Bertz CT molecular complexity index is 745. The zero-order valence-corrected chi connectivity index (χ0v) is 13.6. The van der Waals surface area contributed by atoms with Gasteiger partial charge in [-0.25, -0.2) is 0 Å². The third-order valence-electron chi connectivity index (χ3n) is 4.28. The van der Waals surface area contributed by atoms with E-state index in [2.05, 4.69) is 12.2 Å². The minimum Gasteiger partial charge on any atom is -0.380 e. The molecule has 0 aliphatic carbocycles. The summed E-state index contributed by atoms with van der Waals surface area (Å²) in [7, 11) is 0. The van der Waals surface area contributed by atoms with E-state index >= 15 is 0 Å². The summed E-state index contributed by atoms with van der Waals surface area (Å²) in [6.07, 6.45) is 2.93. The molecule has 1 aliphatic rings. The second-order valence-electron chi connectivity index (χ2n) is 5.79. The second kappa shape index (κ2) is 6.41. The Hall–Kier alpha value is -2.36. The monoisotopic (exact) mass is 309 g/mol. The molecule has 1 heterocycles. The summed E-state index contributed by atoms with van der Waals surface area (Å²) in [5.74, 6) is -0.358. The van der Waals surface area contributed by atoms with Gasteiger partial charge in [-0.2, -0.15) is 0 Å². The molecule has 0 fully saturated rings. The molecule has 119 valence electrons. The fourth-order valence-corrected chi connectivity index (χ4v) is 3.15. The van der Waals surface area contributed by atoms with Crippen molar-refractivity contribution in [2.45, 2.75) is 33.1 Å². The molecular formula is C19H21N2O2. The number of carbonyl (C=O) groups is 2. The van der Waals surface area contributed by atoms with E-state index in [1.807, 2.05) is 43.8 Å². The predicted molar refractivity (Wildman–Crippen MR) is 92.4 cm³/mol. The average molecular weight is 309 g/mol. The molecular weight excluding hydrogens is 288 g/mol. The van der Waals surface area contributed by atoms with Gasteiger partial charge < -0.3 is 5.32 Å². The van der Waals surface area contributed by atoms with E-state index in [9.17, 15) is 9.59 Å². The number of imide groups is 1. The van der Waals surface area contributed by atoms with Crippen molar-refractivity contribution in [2.24, 2.45) is 0 Å². The molecule has 0 saturated carbocycles. The predicted octanol–water partition coefficient (Wildman–Crippen LogP) is 4.22. The minimum atomic E-state index is -0.179. The Kier molecular flexibility index (Phi) is 4.33. The largest absolute Gasteiger partial charge is 0.380 e. The minimum absolute atomic E-state index is 0.179. The van der Waals surface area contributed by atoms with E-state index in [4.69, 9.17) is 0 Å². The summed E-state index contributed by atoms with van der Waals surface area (Å²) < 4.78 is 0. The molecule has 0 atom stereocenters. The number of benzene rings is 2. The van der Waals surface area contributed by atoms with Crippen LogP contribution < -0.4 is 5.32 Å². The molecule has 0 saturated heterocycles. The summed E-state index contributed by atoms with van der Waals surface area (Å²) in [4.78, 5) is 26.9. The van der Waals surface area contributed by atoms with Gasteiger partial charge in [0.05, 0.1) is 0 Å². The first-order chi connectivity index (χ1) is 11.2. The standard InChI is InChI=1S/C19H21N2O2/c1-3-5-6-12-21-18(22)14-9-7-8-13-16(20-4-2)11-10-15(17(13)14)19(21)23/h4,7-11,20H,3,5-6,12H2,1-2H3. The van der Waals surface area contributed by atoms with Crippen LogP contribution in [0.1, 0.15) is 53.8 Å². The first-order valence-corrected chi connectivity index (χ1v) is 8.15. The van der Waals surface area contributed by atoms with Crippen LogP contribution >= 0.6 is 0 Å². The maximum Gasteiger partial charge on any atom is 0.261 e. The normalized spacial score (nSPS) is 13.7. The smallest absolute Gasteiger partial charge is 0.261 e. The molecule has 4 heteroatoms. The number of hydrogen-bond donors (Lipinski definition) is 1. The molecule has 2 amide bonds. The Morgan fingerprint density at radius 1 is 1.04 bits per heavy atom. The lowest BCUT2D eigenvalue weighted by Crippen LogP contribution is -2.40. The van der Waals surface area contributed by atoms with Crippen LogP contribution in [-0.4, -0.2) is 23.3 Å². The second-order valence-corrected chi connectivity index (χ2v) is 5.79. The lowest BCUT2D eigenvalue weighted by Gasteiger charge is -2.27. The molecule has 2 aromatic rings. The lowest BCUT2D eigenvalue weighted by atomic mass is 9.93. The van der Waals surface area contributed by atoms with Crippen molar-refractivity contribution in [3.8, 4) is 0 Å². The number of amides is 2. The van der Waals surface area contributed by atoms with Crippen molar-refractivity contribution >= 4 is 28.3 Å². The summed E-state index contributed by atoms with van der Waals surface area (Å²) in [6.45, 7) is 6.34. The number of nitrogens with one attached hydrogen (secondary N) is 1. The number of nitrogens with zero attached hydrogens (tertiary/aromatic N) is 1. The van der Waals surface area contributed by atoms with Crippen molar-refractivity contribution in [1.29, 1.82) is 0 Å². The number of carbonyl (C=O) groups excluding carboxylic acids is 2. The third kappa shape index (κ3) is 2.58. The number of anilines is 1. The zero-order valence-electron chi connectivity index (χ0n) is 13.6. The highest BCUT2D eigenvalue weighted by molar-refractivity contribution is 6.26. The summed E-state index contributed by atoms with van der Waals surface area (Å²) in [5.41, 5.74) is 2.15. The number of rotatable bonds is 6. The van der Waals surface area contributed by atoms with E-state index in [1.54, 1.807) is 0 Å². The average Bonchev–Trinajstić information content (AvgIpc) is 2.57.